The zero-order valence-electron chi connectivity index (χ0n) is 10.5. The molecular weight excluding hydrogens is 284 g/mol. The number of rotatable bonds is 4. The van der Waals surface area contributed by atoms with E-state index in [9.17, 15) is 4.79 Å². The summed E-state index contributed by atoms with van der Waals surface area (Å²) in [4.78, 5) is 11.1. The Balaban J connectivity index is 3.05. The quantitative estimate of drug-likeness (QED) is 0.925. The third-order valence-electron chi connectivity index (χ3n) is 2.47. The van der Waals surface area contributed by atoms with Gasteiger partial charge in [-0.15, -0.1) is 0 Å². The number of benzene rings is 1. The van der Waals surface area contributed by atoms with Gasteiger partial charge in [-0.2, -0.15) is 0 Å². The van der Waals surface area contributed by atoms with Crippen molar-refractivity contribution in [3.8, 4) is 5.75 Å². The molecule has 94 valence electrons. The molecule has 0 aliphatic heterocycles. The lowest BCUT2D eigenvalue weighted by molar-refractivity contribution is -0.147. The number of hydrogen-bond acceptors (Lipinski definition) is 2. The molecule has 1 aromatic carbocycles. The van der Waals surface area contributed by atoms with Crippen LogP contribution in [0.15, 0.2) is 16.6 Å². The number of halogens is 1. The van der Waals surface area contributed by atoms with Crippen LogP contribution in [0.3, 0.4) is 0 Å². The lowest BCUT2D eigenvalue weighted by atomic mass is 10.1. The van der Waals surface area contributed by atoms with E-state index in [2.05, 4.69) is 15.9 Å². The number of carbonyl (C=O) groups is 1. The first kappa shape index (κ1) is 14.0. The molecule has 1 N–H and O–H groups in total. The van der Waals surface area contributed by atoms with Gasteiger partial charge in [0.25, 0.3) is 0 Å². The maximum absolute atomic E-state index is 11.1. The monoisotopic (exact) mass is 300 g/mol. The Bertz CT molecular complexity index is 404. The Morgan fingerprint density at radius 3 is 2.35 bits per heavy atom. The fourth-order valence-electron chi connectivity index (χ4n) is 1.65. The van der Waals surface area contributed by atoms with E-state index >= 15 is 0 Å². The summed E-state index contributed by atoms with van der Waals surface area (Å²) in [6, 6.07) is 3.89. The minimum atomic E-state index is -0.938. The summed E-state index contributed by atoms with van der Waals surface area (Å²) < 4.78 is 6.40. The normalized spacial score (nSPS) is 12.6. The van der Waals surface area contributed by atoms with Crippen molar-refractivity contribution in [2.45, 2.75) is 33.8 Å². The van der Waals surface area contributed by atoms with E-state index in [1.54, 1.807) is 0 Å². The molecule has 0 aromatic heterocycles. The number of aryl methyl sites for hydroxylation is 2. The van der Waals surface area contributed by atoms with Crippen LogP contribution >= 0.6 is 15.9 Å². The highest BCUT2D eigenvalue weighted by Crippen LogP contribution is 2.31. The lowest BCUT2D eigenvalue weighted by Crippen LogP contribution is -2.32. The van der Waals surface area contributed by atoms with Crippen molar-refractivity contribution in [2.75, 3.05) is 0 Å². The molecule has 1 unspecified atom stereocenters. The Labute approximate surface area is 110 Å². The van der Waals surface area contributed by atoms with Gasteiger partial charge in [0.05, 0.1) is 4.47 Å². The van der Waals surface area contributed by atoms with Gasteiger partial charge in [-0.05, 0) is 47.0 Å². The molecule has 17 heavy (non-hydrogen) atoms. The highest BCUT2D eigenvalue weighted by atomic mass is 79.9. The first-order valence-electron chi connectivity index (χ1n) is 5.49. The summed E-state index contributed by atoms with van der Waals surface area (Å²) in [6.45, 7) is 7.55. The summed E-state index contributed by atoms with van der Waals surface area (Å²) in [5, 5.41) is 9.10. The van der Waals surface area contributed by atoms with Crippen molar-refractivity contribution in [3.63, 3.8) is 0 Å². The third kappa shape index (κ3) is 3.46. The van der Waals surface area contributed by atoms with Gasteiger partial charge in [0.2, 0.25) is 0 Å². The third-order valence-corrected chi connectivity index (χ3v) is 3.06. The van der Waals surface area contributed by atoms with E-state index < -0.39 is 12.1 Å². The van der Waals surface area contributed by atoms with Gasteiger partial charge in [0.1, 0.15) is 5.75 Å². The van der Waals surface area contributed by atoms with Crippen molar-refractivity contribution >= 4 is 21.9 Å². The van der Waals surface area contributed by atoms with Crippen LogP contribution in [0, 0.1) is 19.8 Å². The van der Waals surface area contributed by atoms with E-state index in [-0.39, 0.29) is 5.92 Å². The molecule has 0 radical (unpaired) electrons. The average Bonchev–Trinajstić information content (AvgIpc) is 2.14. The number of aliphatic carboxylic acids is 1. The zero-order valence-corrected chi connectivity index (χ0v) is 12.0. The Morgan fingerprint density at radius 1 is 1.35 bits per heavy atom. The summed E-state index contributed by atoms with van der Waals surface area (Å²) in [5.74, 6) is -0.413. The summed E-state index contributed by atoms with van der Waals surface area (Å²) in [7, 11) is 0. The topological polar surface area (TPSA) is 46.5 Å². The van der Waals surface area contributed by atoms with Gasteiger partial charge in [-0.1, -0.05) is 19.9 Å². The molecule has 0 bridgehead atoms. The standard InChI is InChI=1S/C13H17BrO3/c1-7(2)11(13(15)16)17-12-9(4)5-8(3)6-10(12)14/h5-7,11H,1-4H3,(H,15,16). The van der Waals surface area contributed by atoms with Crippen LogP contribution < -0.4 is 4.74 Å². The number of ether oxygens (including phenoxy) is 1. The minimum Gasteiger partial charge on any atom is -0.478 e. The second-order valence-electron chi connectivity index (χ2n) is 4.51. The molecule has 0 fully saturated rings. The molecule has 1 aromatic rings. The van der Waals surface area contributed by atoms with Gasteiger partial charge in [0.15, 0.2) is 6.10 Å². The van der Waals surface area contributed by atoms with Gasteiger partial charge in [-0.25, -0.2) is 4.79 Å². The maximum atomic E-state index is 11.1. The van der Waals surface area contributed by atoms with Crippen LogP contribution in [-0.2, 0) is 4.79 Å². The molecule has 0 saturated carbocycles. The van der Waals surface area contributed by atoms with Crippen LogP contribution in [-0.4, -0.2) is 17.2 Å². The molecule has 0 spiro atoms. The van der Waals surface area contributed by atoms with Crippen LogP contribution in [0.1, 0.15) is 25.0 Å². The molecule has 0 amide bonds. The lowest BCUT2D eigenvalue weighted by Gasteiger charge is -2.21. The van der Waals surface area contributed by atoms with Crippen molar-refractivity contribution in [3.05, 3.63) is 27.7 Å². The molecule has 0 saturated heterocycles. The summed E-state index contributed by atoms with van der Waals surface area (Å²) in [6.07, 6.45) is -0.826. The molecule has 4 heteroatoms. The Morgan fingerprint density at radius 2 is 1.94 bits per heavy atom. The number of carboxylic acids is 1. The molecule has 0 aliphatic rings. The van der Waals surface area contributed by atoms with Crippen LogP contribution in [0.2, 0.25) is 0 Å². The first-order valence-corrected chi connectivity index (χ1v) is 6.28. The van der Waals surface area contributed by atoms with Gasteiger partial charge >= 0.3 is 5.97 Å². The number of hydrogen-bond donors (Lipinski definition) is 1. The van der Waals surface area contributed by atoms with E-state index in [4.69, 9.17) is 9.84 Å². The van der Waals surface area contributed by atoms with Crippen LogP contribution in [0.25, 0.3) is 0 Å². The second kappa shape index (κ2) is 5.54. The SMILES string of the molecule is Cc1cc(C)c(OC(C(=O)O)C(C)C)c(Br)c1. The number of carboxylic acid groups (broad SMARTS) is 1. The molecule has 0 heterocycles. The second-order valence-corrected chi connectivity index (χ2v) is 5.37. The van der Waals surface area contributed by atoms with Gasteiger partial charge in [0, 0.05) is 5.92 Å². The fourth-order valence-corrected chi connectivity index (χ4v) is 2.42. The van der Waals surface area contributed by atoms with E-state index in [1.165, 1.54) is 0 Å². The summed E-state index contributed by atoms with van der Waals surface area (Å²) >= 11 is 3.41. The molecule has 1 rings (SSSR count). The largest absolute Gasteiger partial charge is 0.478 e. The average molecular weight is 301 g/mol. The zero-order chi connectivity index (χ0) is 13.2. The van der Waals surface area contributed by atoms with Crippen molar-refractivity contribution in [2.24, 2.45) is 5.92 Å². The first-order chi connectivity index (χ1) is 7.82. The van der Waals surface area contributed by atoms with Gasteiger partial charge in [-0.3, -0.25) is 0 Å². The summed E-state index contributed by atoms with van der Waals surface area (Å²) in [5.41, 5.74) is 2.04. The maximum Gasteiger partial charge on any atom is 0.345 e. The smallest absolute Gasteiger partial charge is 0.345 e. The highest BCUT2D eigenvalue weighted by Gasteiger charge is 2.25. The van der Waals surface area contributed by atoms with Crippen molar-refractivity contribution in [1.29, 1.82) is 0 Å². The van der Waals surface area contributed by atoms with E-state index in [0.29, 0.717) is 5.75 Å². The molecule has 0 aliphatic carbocycles. The fraction of sp³-hybridized carbons (Fsp3) is 0.462. The molecular formula is C13H17BrO3. The van der Waals surface area contributed by atoms with Crippen LogP contribution in [0.5, 0.6) is 5.75 Å². The van der Waals surface area contributed by atoms with Gasteiger partial charge < -0.3 is 9.84 Å². The molecule has 1 atom stereocenters. The van der Waals surface area contributed by atoms with Crippen molar-refractivity contribution in [1.82, 2.24) is 0 Å². The minimum absolute atomic E-state index is 0.0832. The van der Waals surface area contributed by atoms with E-state index in [1.807, 2.05) is 39.8 Å². The van der Waals surface area contributed by atoms with E-state index in [0.717, 1.165) is 15.6 Å². The Kier molecular flexibility index (Phi) is 4.57. The molecule has 3 nitrogen and oxygen atoms in total. The predicted octanol–water partition coefficient (Wildman–Crippen LogP) is 3.55. The van der Waals surface area contributed by atoms with Crippen LogP contribution in [0.4, 0.5) is 0 Å². The Hall–Kier alpha value is -1.03. The van der Waals surface area contributed by atoms with Crippen molar-refractivity contribution < 1.29 is 14.6 Å². The highest BCUT2D eigenvalue weighted by molar-refractivity contribution is 9.10. The predicted molar refractivity (Wildman–Crippen MR) is 70.5 cm³/mol.